The summed E-state index contributed by atoms with van der Waals surface area (Å²) in [5.74, 6) is -0.473. The van der Waals surface area contributed by atoms with Crippen molar-refractivity contribution in [3.63, 3.8) is 0 Å². The van der Waals surface area contributed by atoms with Gasteiger partial charge in [-0.2, -0.15) is 0 Å². The molecule has 1 heterocycles. The van der Waals surface area contributed by atoms with Gasteiger partial charge in [0.2, 0.25) is 0 Å². The van der Waals surface area contributed by atoms with Gasteiger partial charge in [0.1, 0.15) is 5.60 Å². The number of hydrogen-bond acceptors (Lipinski definition) is 3. The summed E-state index contributed by atoms with van der Waals surface area (Å²) in [5, 5.41) is 0. The Labute approximate surface area is 95.9 Å². The van der Waals surface area contributed by atoms with Crippen molar-refractivity contribution in [2.75, 3.05) is 13.1 Å². The van der Waals surface area contributed by atoms with Crippen LogP contribution in [0.4, 0.5) is 4.79 Å². The highest BCUT2D eigenvalue weighted by Crippen LogP contribution is 2.20. The van der Waals surface area contributed by atoms with Crippen molar-refractivity contribution < 1.29 is 14.3 Å². The van der Waals surface area contributed by atoms with E-state index in [0.717, 1.165) is 12.8 Å². The third-order valence-electron chi connectivity index (χ3n) is 2.47. The van der Waals surface area contributed by atoms with E-state index in [9.17, 15) is 9.59 Å². The lowest BCUT2D eigenvalue weighted by Crippen LogP contribution is -2.46. The van der Waals surface area contributed by atoms with Crippen LogP contribution in [0.3, 0.4) is 0 Å². The number of ether oxygens (including phenoxy) is 1. The Morgan fingerprint density at radius 2 is 2.00 bits per heavy atom. The zero-order valence-corrected chi connectivity index (χ0v) is 10.2. The second-order valence-electron chi connectivity index (χ2n) is 5.16. The quantitative estimate of drug-likeness (QED) is 0.683. The SMILES string of the molecule is CC(C)(C)OC(=O)C1CCCN(C(N)=O)C1. The number of carbonyl (C=O) groups is 2. The van der Waals surface area contributed by atoms with Gasteiger partial charge in [0.25, 0.3) is 0 Å². The lowest BCUT2D eigenvalue weighted by molar-refractivity contribution is -0.161. The molecule has 1 fully saturated rings. The molecule has 0 aromatic heterocycles. The predicted molar refractivity (Wildman–Crippen MR) is 59.7 cm³/mol. The molecule has 5 heteroatoms. The molecule has 1 unspecified atom stereocenters. The first-order valence-corrected chi connectivity index (χ1v) is 5.57. The molecule has 1 atom stereocenters. The van der Waals surface area contributed by atoms with Crippen LogP contribution < -0.4 is 5.73 Å². The summed E-state index contributed by atoms with van der Waals surface area (Å²) in [6.07, 6.45) is 1.56. The fourth-order valence-corrected chi connectivity index (χ4v) is 1.75. The van der Waals surface area contributed by atoms with Crippen molar-refractivity contribution in [2.24, 2.45) is 11.7 Å². The summed E-state index contributed by atoms with van der Waals surface area (Å²) in [6.45, 7) is 6.51. The second kappa shape index (κ2) is 4.72. The van der Waals surface area contributed by atoms with E-state index < -0.39 is 11.6 Å². The molecule has 16 heavy (non-hydrogen) atoms. The third kappa shape index (κ3) is 3.72. The molecule has 2 amide bonds. The van der Waals surface area contributed by atoms with Crippen LogP contribution in [0.15, 0.2) is 0 Å². The van der Waals surface area contributed by atoms with Crippen LogP contribution in [0, 0.1) is 5.92 Å². The highest BCUT2D eigenvalue weighted by atomic mass is 16.6. The van der Waals surface area contributed by atoms with Crippen molar-refractivity contribution in [1.29, 1.82) is 0 Å². The van der Waals surface area contributed by atoms with Gasteiger partial charge in [-0.05, 0) is 33.6 Å². The number of urea groups is 1. The van der Waals surface area contributed by atoms with Crippen LogP contribution in [0.25, 0.3) is 0 Å². The van der Waals surface area contributed by atoms with E-state index in [0.29, 0.717) is 13.1 Å². The monoisotopic (exact) mass is 228 g/mol. The molecule has 5 nitrogen and oxygen atoms in total. The molecule has 0 aliphatic carbocycles. The van der Waals surface area contributed by atoms with Crippen LogP contribution in [0.5, 0.6) is 0 Å². The number of hydrogen-bond donors (Lipinski definition) is 1. The zero-order valence-electron chi connectivity index (χ0n) is 10.2. The average Bonchev–Trinajstić information content (AvgIpc) is 2.15. The van der Waals surface area contributed by atoms with Crippen molar-refractivity contribution in [3.05, 3.63) is 0 Å². The van der Waals surface area contributed by atoms with Crippen molar-refractivity contribution in [3.8, 4) is 0 Å². The molecule has 1 rings (SSSR count). The van der Waals surface area contributed by atoms with E-state index in [1.165, 1.54) is 4.90 Å². The molecule has 1 aliphatic heterocycles. The van der Waals surface area contributed by atoms with Gasteiger partial charge < -0.3 is 15.4 Å². The molecule has 0 aromatic rings. The molecule has 2 N–H and O–H groups in total. The summed E-state index contributed by atoms with van der Waals surface area (Å²) < 4.78 is 5.29. The minimum absolute atomic E-state index is 0.236. The van der Waals surface area contributed by atoms with Gasteiger partial charge in [-0.25, -0.2) is 4.79 Å². The fourth-order valence-electron chi connectivity index (χ4n) is 1.75. The first-order valence-electron chi connectivity index (χ1n) is 5.57. The number of piperidine rings is 1. The van der Waals surface area contributed by atoms with Gasteiger partial charge in [0.15, 0.2) is 0 Å². The third-order valence-corrected chi connectivity index (χ3v) is 2.47. The Hall–Kier alpha value is -1.26. The van der Waals surface area contributed by atoms with Crippen molar-refractivity contribution >= 4 is 12.0 Å². The van der Waals surface area contributed by atoms with Gasteiger partial charge in [0.05, 0.1) is 5.92 Å². The van der Waals surface area contributed by atoms with Crippen molar-refractivity contribution in [2.45, 2.75) is 39.2 Å². The maximum atomic E-state index is 11.8. The summed E-state index contributed by atoms with van der Waals surface area (Å²) in [4.78, 5) is 24.3. The number of likely N-dealkylation sites (tertiary alicyclic amines) is 1. The molecule has 92 valence electrons. The van der Waals surface area contributed by atoms with Crippen LogP contribution in [-0.2, 0) is 9.53 Å². The van der Waals surface area contributed by atoms with Gasteiger partial charge in [-0.1, -0.05) is 0 Å². The first-order chi connectivity index (χ1) is 7.29. The number of rotatable bonds is 1. The van der Waals surface area contributed by atoms with Gasteiger partial charge in [-0.3, -0.25) is 4.79 Å². The summed E-state index contributed by atoms with van der Waals surface area (Å²) >= 11 is 0. The largest absolute Gasteiger partial charge is 0.460 e. The summed E-state index contributed by atoms with van der Waals surface area (Å²) in [5.41, 5.74) is 4.71. The highest BCUT2D eigenvalue weighted by Gasteiger charge is 2.30. The number of nitrogens with zero attached hydrogens (tertiary/aromatic N) is 1. The van der Waals surface area contributed by atoms with Crippen LogP contribution in [-0.4, -0.2) is 35.6 Å². The molecule has 0 radical (unpaired) electrons. The Bertz CT molecular complexity index is 283. The lowest BCUT2D eigenvalue weighted by atomic mass is 9.98. The van der Waals surface area contributed by atoms with E-state index in [-0.39, 0.29) is 11.9 Å². The van der Waals surface area contributed by atoms with E-state index >= 15 is 0 Å². The second-order valence-corrected chi connectivity index (χ2v) is 5.16. The van der Waals surface area contributed by atoms with Crippen LogP contribution in [0.1, 0.15) is 33.6 Å². The van der Waals surface area contributed by atoms with E-state index in [2.05, 4.69) is 0 Å². The lowest BCUT2D eigenvalue weighted by Gasteiger charge is -2.32. The minimum Gasteiger partial charge on any atom is -0.460 e. The number of carbonyl (C=O) groups excluding carboxylic acids is 2. The minimum atomic E-state index is -0.480. The van der Waals surface area contributed by atoms with E-state index in [1.807, 2.05) is 20.8 Å². The van der Waals surface area contributed by atoms with Gasteiger partial charge in [-0.15, -0.1) is 0 Å². The topological polar surface area (TPSA) is 72.6 Å². The van der Waals surface area contributed by atoms with Gasteiger partial charge in [0, 0.05) is 13.1 Å². The number of esters is 1. The number of amides is 2. The Morgan fingerprint density at radius 1 is 1.38 bits per heavy atom. The van der Waals surface area contributed by atoms with Crippen LogP contribution >= 0.6 is 0 Å². The van der Waals surface area contributed by atoms with E-state index in [1.54, 1.807) is 0 Å². The number of primary amides is 1. The standard InChI is InChI=1S/C11H20N2O3/c1-11(2,3)16-9(14)8-5-4-6-13(7-8)10(12)15/h8H,4-7H2,1-3H3,(H2,12,15). The fraction of sp³-hybridized carbons (Fsp3) is 0.818. The summed E-state index contributed by atoms with van der Waals surface area (Å²) in [7, 11) is 0. The molecule has 0 aromatic carbocycles. The predicted octanol–water partition coefficient (Wildman–Crippen LogP) is 1.12. The van der Waals surface area contributed by atoms with Crippen LogP contribution in [0.2, 0.25) is 0 Å². The van der Waals surface area contributed by atoms with Gasteiger partial charge >= 0.3 is 12.0 Å². The van der Waals surface area contributed by atoms with E-state index in [4.69, 9.17) is 10.5 Å². The molecule has 1 aliphatic rings. The molecule has 1 saturated heterocycles. The molecular formula is C11H20N2O3. The first kappa shape index (κ1) is 12.8. The smallest absolute Gasteiger partial charge is 0.314 e. The maximum Gasteiger partial charge on any atom is 0.314 e. The Kier molecular flexibility index (Phi) is 3.78. The maximum absolute atomic E-state index is 11.8. The Morgan fingerprint density at radius 3 is 2.50 bits per heavy atom. The number of nitrogens with two attached hydrogens (primary N) is 1. The summed E-state index contributed by atoms with van der Waals surface area (Å²) in [6, 6.07) is -0.465. The average molecular weight is 228 g/mol. The highest BCUT2D eigenvalue weighted by molar-refractivity contribution is 5.76. The zero-order chi connectivity index (χ0) is 12.3. The molecule has 0 spiro atoms. The normalized spacial score (nSPS) is 21.7. The molecule has 0 bridgehead atoms. The molecule has 0 saturated carbocycles. The Balaban J connectivity index is 2.54. The van der Waals surface area contributed by atoms with Crippen molar-refractivity contribution in [1.82, 2.24) is 4.90 Å². The molecular weight excluding hydrogens is 208 g/mol.